The van der Waals surface area contributed by atoms with Crippen molar-refractivity contribution in [3.8, 4) is 11.5 Å². The third-order valence-electron chi connectivity index (χ3n) is 5.29. The van der Waals surface area contributed by atoms with Crippen molar-refractivity contribution in [1.29, 1.82) is 0 Å². The number of methoxy groups -OCH3 is 2. The summed E-state index contributed by atoms with van der Waals surface area (Å²) in [5, 5.41) is 0. The van der Waals surface area contributed by atoms with Crippen LogP contribution in [0.4, 0.5) is 10.1 Å². The number of hydrogen-bond donors (Lipinski definition) is 0. The van der Waals surface area contributed by atoms with Crippen molar-refractivity contribution >= 4 is 5.69 Å². The number of rotatable bonds is 7. The SMILES string of the molecule is COc1cccc([C@@H](C)CCC2COCCN2c2ccc(OC)c(F)c2)c1. The Hall–Kier alpha value is -2.27. The summed E-state index contributed by atoms with van der Waals surface area (Å²) in [5.74, 6) is 1.24. The molecule has 1 fully saturated rings. The van der Waals surface area contributed by atoms with Gasteiger partial charge in [0.1, 0.15) is 5.75 Å². The molecule has 0 aliphatic carbocycles. The van der Waals surface area contributed by atoms with Gasteiger partial charge < -0.3 is 19.1 Å². The monoisotopic (exact) mass is 373 g/mol. The summed E-state index contributed by atoms with van der Waals surface area (Å²) in [5.41, 5.74) is 2.16. The second kappa shape index (κ2) is 9.09. The van der Waals surface area contributed by atoms with Gasteiger partial charge in [0, 0.05) is 18.3 Å². The highest BCUT2D eigenvalue weighted by atomic mass is 19.1. The first-order valence-electron chi connectivity index (χ1n) is 9.44. The molecule has 1 aliphatic rings. The summed E-state index contributed by atoms with van der Waals surface area (Å²) in [6, 6.07) is 13.6. The molecule has 4 nitrogen and oxygen atoms in total. The van der Waals surface area contributed by atoms with Gasteiger partial charge in [-0.2, -0.15) is 0 Å². The Bertz CT molecular complexity index is 752. The molecular formula is C22H28FNO3. The summed E-state index contributed by atoms with van der Waals surface area (Å²) < 4.78 is 30.2. The third-order valence-corrected chi connectivity index (χ3v) is 5.29. The molecule has 0 N–H and O–H groups in total. The van der Waals surface area contributed by atoms with Gasteiger partial charge in [-0.15, -0.1) is 0 Å². The van der Waals surface area contributed by atoms with Crippen LogP contribution in [-0.2, 0) is 4.74 Å². The third kappa shape index (κ3) is 4.72. The van der Waals surface area contributed by atoms with E-state index in [2.05, 4.69) is 24.0 Å². The van der Waals surface area contributed by atoms with Crippen LogP contribution < -0.4 is 14.4 Å². The topological polar surface area (TPSA) is 30.9 Å². The van der Waals surface area contributed by atoms with E-state index in [1.165, 1.54) is 12.7 Å². The molecule has 3 rings (SSSR count). The van der Waals surface area contributed by atoms with Crippen LogP contribution in [0.3, 0.4) is 0 Å². The van der Waals surface area contributed by atoms with Crippen molar-refractivity contribution < 1.29 is 18.6 Å². The van der Waals surface area contributed by atoms with Crippen molar-refractivity contribution in [2.24, 2.45) is 0 Å². The highest BCUT2D eigenvalue weighted by molar-refractivity contribution is 5.51. The maximum absolute atomic E-state index is 14.1. The van der Waals surface area contributed by atoms with Gasteiger partial charge in [0.2, 0.25) is 0 Å². The van der Waals surface area contributed by atoms with Gasteiger partial charge in [-0.1, -0.05) is 19.1 Å². The number of morpholine rings is 1. The molecule has 2 atom stereocenters. The van der Waals surface area contributed by atoms with Crippen LogP contribution in [0.5, 0.6) is 11.5 Å². The van der Waals surface area contributed by atoms with E-state index in [0.29, 0.717) is 19.1 Å². The first kappa shape index (κ1) is 19.5. The number of halogens is 1. The minimum atomic E-state index is -0.329. The van der Waals surface area contributed by atoms with Crippen LogP contribution in [0, 0.1) is 5.82 Å². The zero-order valence-corrected chi connectivity index (χ0v) is 16.3. The van der Waals surface area contributed by atoms with Gasteiger partial charge in [0.25, 0.3) is 0 Å². The molecule has 146 valence electrons. The summed E-state index contributed by atoms with van der Waals surface area (Å²) in [6.45, 7) is 4.33. The maximum Gasteiger partial charge on any atom is 0.167 e. The molecule has 0 bridgehead atoms. The first-order valence-corrected chi connectivity index (χ1v) is 9.44. The lowest BCUT2D eigenvalue weighted by Crippen LogP contribution is -2.45. The molecule has 1 saturated heterocycles. The first-order chi connectivity index (χ1) is 13.1. The largest absolute Gasteiger partial charge is 0.497 e. The Labute approximate surface area is 160 Å². The zero-order valence-electron chi connectivity index (χ0n) is 16.3. The van der Waals surface area contributed by atoms with Crippen molar-refractivity contribution in [2.75, 3.05) is 38.9 Å². The van der Waals surface area contributed by atoms with E-state index < -0.39 is 0 Å². The highest BCUT2D eigenvalue weighted by Gasteiger charge is 2.24. The lowest BCUT2D eigenvalue weighted by atomic mass is 9.93. The number of benzene rings is 2. The van der Waals surface area contributed by atoms with E-state index in [9.17, 15) is 4.39 Å². The quantitative estimate of drug-likeness (QED) is 0.708. The molecule has 2 aromatic rings. The Kier molecular flexibility index (Phi) is 6.56. The van der Waals surface area contributed by atoms with E-state index in [-0.39, 0.29) is 17.6 Å². The molecule has 0 saturated carbocycles. The predicted octanol–water partition coefficient (Wildman–Crippen LogP) is 4.63. The highest BCUT2D eigenvalue weighted by Crippen LogP contribution is 2.30. The van der Waals surface area contributed by atoms with Crippen LogP contribution in [0.15, 0.2) is 42.5 Å². The van der Waals surface area contributed by atoms with E-state index in [1.807, 2.05) is 18.2 Å². The molecule has 0 aromatic heterocycles. The van der Waals surface area contributed by atoms with Crippen LogP contribution in [0.1, 0.15) is 31.2 Å². The van der Waals surface area contributed by atoms with Gasteiger partial charge in [-0.25, -0.2) is 4.39 Å². The van der Waals surface area contributed by atoms with Crippen LogP contribution >= 0.6 is 0 Å². The Morgan fingerprint density at radius 2 is 2.04 bits per heavy atom. The molecule has 1 heterocycles. The van der Waals surface area contributed by atoms with E-state index >= 15 is 0 Å². The zero-order chi connectivity index (χ0) is 19.2. The molecule has 27 heavy (non-hydrogen) atoms. The van der Waals surface area contributed by atoms with Crippen molar-refractivity contribution in [3.63, 3.8) is 0 Å². The summed E-state index contributed by atoms with van der Waals surface area (Å²) in [6.07, 6.45) is 2.00. The lowest BCUT2D eigenvalue weighted by molar-refractivity contribution is 0.0904. The Morgan fingerprint density at radius 3 is 2.78 bits per heavy atom. The molecule has 1 unspecified atom stereocenters. The minimum Gasteiger partial charge on any atom is -0.497 e. The molecule has 0 amide bonds. The van der Waals surface area contributed by atoms with Gasteiger partial charge in [0.05, 0.1) is 33.5 Å². The number of anilines is 1. The van der Waals surface area contributed by atoms with Crippen molar-refractivity contribution in [1.82, 2.24) is 0 Å². The second-order valence-corrected chi connectivity index (χ2v) is 7.00. The fourth-order valence-corrected chi connectivity index (χ4v) is 3.62. The maximum atomic E-state index is 14.1. The molecule has 0 spiro atoms. The molecule has 1 aliphatic heterocycles. The van der Waals surface area contributed by atoms with Gasteiger partial charge in [-0.3, -0.25) is 0 Å². The number of hydrogen-bond acceptors (Lipinski definition) is 4. The lowest BCUT2D eigenvalue weighted by Gasteiger charge is -2.38. The summed E-state index contributed by atoms with van der Waals surface area (Å²) >= 11 is 0. The van der Waals surface area contributed by atoms with Gasteiger partial charge in [-0.05, 0) is 48.6 Å². The average Bonchev–Trinajstić information content (AvgIpc) is 2.72. The molecule has 2 aromatic carbocycles. The van der Waals surface area contributed by atoms with E-state index in [0.717, 1.165) is 30.8 Å². The van der Waals surface area contributed by atoms with E-state index in [4.69, 9.17) is 14.2 Å². The van der Waals surface area contributed by atoms with Crippen LogP contribution in [0.2, 0.25) is 0 Å². The van der Waals surface area contributed by atoms with Gasteiger partial charge >= 0.3 is 0 Å². The summed E-state index contributed by atoms with van der Waals surface area (Å²) in [7, 11) is 3.17. The van der Waals surface area contributed by atoms with Crippen LogP contribution in [-0.4, -0.2) is 40.0 Å². The molecular weight excluding hydrogens is 345 g/mol. The Balaban J connectivity index is 1.67. The molecule has 0 radical (unpaired) electrons. The van der Waals surface area contributed by atoms with Crippen molar-refractivity contribution in [3.05, 3.63) is 53.8 Å². The van der Waals surface area contributed by atoms with Crippen molar-refractivity contribution in [2.45, 2.75) is 31.7 Å². The van der Waals surface area contributed by atoms with Gasteiger partial charge in [0.15, 0.2) is 11.6 Å². The number of nitrogens with zero attached hydrogens (tertiary/aromatic N) is 1. The standard InChI is InChI=1S/C22H28FNO3/c1-16(17-5-4-6-20(13-17)25-2)7-8-19-15-27-12-11-24(19)18-9-10-22(26-3)21(23)14-18/h4-6,9-10,13-14,16,19H,7-8,11-12,15H2,1-3H3/t16-,19?/m0/s1. The minimum absolute atomic E-state index is 0.236. The molecule has 5 heteroatoms. The fourth-order valence-electron chi connectivity index (χ4n) is 3.62. The second-order valence-electron chi connectivity index (χ2n) is 7.00. The summed E-state index contributed by atoms with van der Waals surface area (Å²) in [4.78, 5) is 2.25. The number of ether oxygens (including phenoxy) is 3. The Morgan fingerprint density at radius 1 is 1.19 bits per heavy atom. The fraction of sp³-hybridized carbons (Fsp3) is 0.455. The average molecular weight is 373 g/mol. The normalized spacial score (nSPS) is 18.2. The smallest absolute Gasteiger partial charge is 0.167 e. The van der Waals surface area contributed by atoms with Crippen LogP contribution in [0.25, 0.3) is 0 Å². The van der Waals surface area contributed by atoms with E-state index in [1.54, 1.807) is 19.2 Å². The predicted molar refractivity (Wildman–Crippen MR) is 106 cm³/mol.